The molecule has 10 rings (SSSR count). The van der Waals surface area contributed by atoms with Crippen LogP contribution in [0.3, 0.4) is 0 Å². The van der Waals surface area contributed by atoms with Gasteiger partial charge in [-0.15, -0.1) is 57.5 Å². The van der Waals surface area contributed by atoms with Crippen LogP contribution >= 0.6 is 57.5 Å². The number of rotatable bonds is 13. The maximum absolute atomic E-state index is 10.8. The van der Waals surface area contributed by atoms with Gasteiger partial charge in [0.1, 0.15) is 0 Å². The molecular weight excluding hydrogens is 1080 g/mol. The standard InChI is InChI=1S/C16H21NS.C12H11NO2S.C11H11NS.C11H10S.C10H8S.5C2H6/c1-2-3-4-5-13-18-15-10-8-14(9-11-15)16-7-6-12-17-16;1-8-6-10(11-4-3-5-16-11)7-9(2)12(8)13(14)15;1-13-10-6-4-9(5-7-10)11-3-2-8-12-11;1-9-7-8-11(12-9)10-5-3-2-4-6-10;1-2-5-9(6-3-1)10-7-4-8-11-10;5*1-2/h6-12,17H,2-5,13H2,1H3;3-7H,1-2H3;2-8,12H,1H3;2-8H,1H3;1-8H;5*1-2H3. The van der Waals surface area contributed by atoms with Gasteiger partial charge in [0.2, 0.25) is 0 Å². The molecule has 5 heterocycles. The fourth-order valence-electron chi connectivity index (χ4n) is 7.31. The molecule has 0 spiro atoms. The van der Waals surface area contributed by atoms with Gasteiger partial charge in [0.25, 0.3) is 5.69 Å². The highest BCUT2D eigenvalue weighted by atomic mass is 32.2. The number of H-pyrrole nitrogens is 2. The van der Waals surface area contributed by atoms with E-state index in [1.807, 2.05) is 159 Å². The largest absolute Gasteiger partial charge is 0.361 e. The number of aryl methyl sites for hydroxylation is 3. The highest BCUT2D eigenvalue weighted by molar-refractivity contribution is 7.99. The minimum atomic E-state index is -0.317. The van der Waals surface area contributed by atoms with E-state index in [2.05, 4.69) is 169 Å². The van der Waals surface area contributed by atoms with Gasteiger partial charge in [-0.05, 0) is 163 Å². The molecule has 10 heteroatoms. The third kappa shape index (κ3) is 26.9. The minimum absolute atomic E-state index is 0.223. The summed E-state index contributed by atoms with van der Waals surface area (Å²) in [6, 6.07) is 62.8. The summed E-state index contributed by atoms with van der Waals surface area (Å²) in [7, 11) is 0. The van der Waals surface area contributed by atoms with Crippen molar-refractivity contribution in [1.82, 2.24) is 9.97 Å². The van der Waals surface area contributed by atoms with Gasteiger partial charge in [0.15, 0.2) is 0 Å². The lowest BCUT2D eigenvalue weighted by molar-refractivity contribution is -0.386. The lowest BCUT2D eigenvalue weighted by atomic mass is 10.0. The van der Waals surface area contributed by atoms with Crippen molar-refractivity contribution in [3.05, 3.63) is 231 Å². The number of nitrogens with one attached hydrogen (secondary N) is 2. The van der Waals surface area contributed by atoms with Crippen LogP contribution in [0.4, 0.5) is 5.69 Å². The minimum Gasteiger partial charge on any atom is -0.361 e. The molecule has 0 fully saturated rings. The van der Waals surface area contributed by atoms with E-state index >= 15 is 0 Å². The number of aromatic nitrogens is 2. The molecule has 80 heavy (non-hydrogen) atoms. The van der Waals surface area contributed by atoms with Gasteiger partial charge < -0.3 is 9.97 Å². The second kappa shape index (κ2) is 45.6. The monoisotopic (exact) mass is 1170 g/mol. The van der Waals surface area contributed by atoms with Crippen molar-refractivity contribution in [1.29, 1.82) is 0 Å². The van der Waals surface area contributed by atoms with E-state index in [1.165, 1.54) is 89.5 Å². The molecule has 0 saturated carbocycles. The number of aromatic amines is 2. The zero-order valence-corrected chi connectivity index (χ0v) is 54.6. The summed E-state index contributed by atoms with van der Waals surface area (Å²) in [5, 5.41) is 14.9. The lowest BCUT2D eigenvalue weighted by Gasteiger charge is -2.04. The van der Waals surface area contributed by atoms with E-state index < -0.39 is 0 Å². The average molecular weight is 1170 g/mol. The van der Waals surface area contributed by atoms with Crippen molar-refractivity contribution < 1.29 is 4.92 Å². The van der Waals surface area contributed by atoms with Gasteiger partial charge in [-0.1, -0.05) is 192 Å². The van der Waals surface area contributed by atoms with Crippen molar-refractivity contribution in [2.24, 2.45) is 0 Å². The first-order chi connectivity index (χ1) is 39.2. The molecule has 5 nitrogen and oxygen atoms in total. The molecular formula is C70H91N3O2S5. The second-order valence-corrected chi connectivity index (χ2v) is 21.4. The van der Waals surface area contributed by atoms with Crippen LogP contribution in [-0.2, 0) is 0 Å². The number of nitrogens with zero attached hydrogens (tertiary/aromatic N) is 1. The number of nitro groups is 1. The lowest BCUT2D eigenvalue weighted by Crippen LogP contribution is -1.95. The van der Waals surface area contributed by atoms with E-state index in [4.69, 9.17) is 0 Å². The van der Waals surface area contributed by atoms with Gasteiger partial charge >= 0.3 is 0 Å². The summed E-state index contributed by atoms with van der Waals surface area (Å²) in [5.41, 5.74) is 10.2. The fourth-order valence-corrected chi connectivity index (χ4v) is 10.9. The summed E-state index contributed by atoms with van der Waals surface area (Å²) in [5.74, 6) is 1.24. The molecule has 0 bridgehead atoms. The van der Waals surface area contributed by atoms with Gasteiger partial charge in [-0.2, -0.15) is 0 Å². The molecule has 2 N–H and O–H groups in total. The normalized spacial score (nSPS) is 9.39. The van der Waals surface area contributed by atoms with Crippen LogP contribution in [0.5, 0.6) is 0 Å². The van der Waals surface area contributed by atoms with Crippen LogP contribution in [-0.4, -0.2) is 26.9 Å². The summed E-state index contributed by atoms with van der Waals surface area (Å²) < 4.78 is 0. The maximum Gasteiger partial charge on any atom is 0.275 e. The Morgan fingerprint density at radius 1 is 0.463 bits per heavy atom. The number of thioether (sulfide) groups is 2. The number of hydrogen-bond donors (Lipinski definition) is 2. The Labute approximate surface area is 504 Å². The summed E-state index contributed by atoms with van der Waals surface area (Å²) >= 11 is 8.99. The Bertz CT molecular complexity index is 2930. The quantitative estimate of drug-likeness (QED) is 0.0522. The van der Waals surface area contributed by atoms with Crippen molar-refractivity contribution in [2.75, 3.05) is 12.0 Å². The molecule has 0 aliphatic rings. The molecule has 0 radical (unpaired) electrons. The van der Waals surface area contributed by atoms with Crippen LogP contribution in [0.25, 0.3) is 53.8 Å². The molecule has 0 aliphatic heterocycles. The van der Waals surface area contributed by atoms with Gasteiger partial charge in [0.05, 0.1) is 4.92 Å². The van der Waals surface area contributed by atoms with E-state index in [9.17, 15) is 10.1 Å². The van der Waals surface area contributed by atoms with Crippen LogP contribution in [0.1, 0.15) is 118 Å². The Hall–Kier alpha value is -6.14. The predicted octanol–water partition coefficient (Wildman–Crippen LogP) is 25.0. The molecule has 428 valence electrons. The molecule has 0 unspecified atom stereocenters. The van der Waals surface area contributed by atoms with Gasteiger partial charge in [-0.25, -0.2) is 0 Å². The summed E-state index contributed by atoms with van der Waals surface area (Å²) in [6.07, 6.45) is 11.4. The Kier molecular flexibility index (Phi) is 40.9. The third-order valence-electron chi connectivity index (χ3n) is 10.9. The number of unbranched alkanes of at least 4 members (excludes halogenated alkanes) is 3. The first-order valence-electron chi connectivity index (χ1n) is 28.4. The van der Waals surface area contributed by atoms with Crippen LogP contribution in [0.2, 0.25) is 0 Å². The SMILES string of the molecule is CC.CC.CC.CC.CC.CCCCCCSc1ccc(-c2ccc[nH]2)cc1.CSc1ccc(-c2ccc[nH]2)cc1.Cc1cc(-c2cccs2)cc(C)c1[N+](=O)[O-].Cc1ccc(-c2ccccc2)s1.c1ccc(-c2cccs2)cc1. The first-order valence-corrected chi connectivity index (χ1v) is 33.2. The zero-order chi connectivity index (χ0) is 59.3. The molecule has 10 aromatic rings. The third-order valence-corrected chi connectivity index (χ3v) is 15.6. The van der Waals surface area contributed by atoms with E-state index in [1.54, 1.807) is 48.3 Å². The van der Waals surface area contributed by atoms with E-state index in [-0.39, 0.29) is 10.6 Å². The number of nitro benzene ring substituents is 1. The number of benzene rings is 5. The highest BCUT2D eigenvalue weighted by Gasteiger charge is 2.16. The average Bonchev–Trinajstić information content (AvgIpc) is 4.43. The van der Waals surface area contributed by atoms with Crippen molar-refractivity contribution in [2.45, 2.75) is 132 Å². The fraction of sp³-hybridized carbons (Fsp3) is 0.286. The van der Waals surface area contributed by atoms with Crippen LogP contribution in [0, 0.1) is 30.9 Å². The van der Waals surface area contributed by atoms with Crippen molar-refractivity contribution in [3.63, 3.8) is 0 Å². The van der Waals surface area contributed by atoms with Crippen LogP contribution in [0.15, 0.2) is 215 Å². The second-order valence-electron chi connectivity index (χ2n) is 16.1. The van der Waals surface area contributed by atoms with Crippen molar-refractivity contribution in [3.8, 4) is 53.8 Å². The highest BCUT2D eigenvalue weighted by Crippen LogP contribution is 2.32. The predicted molar refractivity (Wildman–Crippen MR) is 366 cm³/mol. The molecule has 5 aromatic heterocycles. The van der Waals surface area contributed by atoms with E-state index in [0.29, 0.717) is 11.1 Å². The Morgan fingerprint density at radius 3 is 1.29 bits per heavy atom. The molecule has 5 aromatic carbocycles. The molecule has 0 saturated heterocycles. The zero-order valence-electron chi connectivity index (χ0n) is 50.5. The number of hydrogen-bond acceptors (Lipinski definition) is 7. The number of thiophene rings is 3. The molecule has 0 atom stereocenters. The van der Waals surface area contributed by atoms with Crippen LogP contribution < -0.4 is 0 Å². The molecule has 0 amide bonds. The summed E-state index contributed by atoms with van der Waals surface area (Å²) in [6.45, 7) is 28.0. The van der Waals surface area contributed by atoms with E-state index in [0.717, 1.165) is 10.4 Å². The Balaban J connectivity index is 0.000000484. The smallest absolute Gasteiger partial charge is 0.275 e. The van der Waals surface area contributed by atoms with Crippen molar-refractivity contribution >= 4 is 63.2 Å². The Morgan fingerprint density at radius 2 is 0.912 bits per heavy atom. The molecule has 0 aliphatic carbocycles. The van der Waals surface area contributed by atoms with Gasteiger partial charge in [-0.3, -0.25) is 10.1 Å². The topological polar surface area (TPSA) is 74.7 Å². The first kappa shape index (κ1) is 71.9. The summed E-state index contributed by atoms with van der Waals surface area (Å²) in [4.78, 5) is 24.8. The maximum atomic E-state index is 10.8. The van der Waals surface area contributed by atoms with Gasteiger partial charge in [0, 0.05) is 64.2 Å².